The molecule has 0 bridgehead atoms. The highest BCUT2D eigenvalue weighted by molar-refractivity contribution is 7.89. The number of sulfonamides is 1. The van der Waals surface area contributed by atoms with Gasteiger partial charge in [-0.05, 0) is 63.5 Å². The Morgan fingerprint density at radius 3 is 2.47 bits per heavy atom. The molecule has 0 unspecified atom stereocenters. The average molecular weight is 460 g/mol. The van der Waals surface area contributed by atoms with Gasteiger partial charge in [-0.1, -0.05) is 18.2 Å². The van der Waals surface area contributed by atoms with Gasteiger partial charge < -0.3 is 9.64 Å². The van der Waals surface area contributed by atoms with Gasteiger partial charge in [-0.25, -0.2) is 22.8 Å². The normalized spacial score (nSPS) is 11.5. The zero-order valence-electron chi connectivity index (χ0n) is 18.2. The minimum atomic E-state index is -3.85. The van der Waals surface area contributed by atoms with Crippen molar-refractivity contribution in [2.45, 2.75) is 11.3 Å². The van der Waals surface area contributed by atoms with Crippen LogP contribution >= 0.6 is 0 Å². The standard InChI is InChI=1S/C22H26FN5O3S/c1-27(2)14-7-15-28(26-32(29,30)18-8-5-4-6-9-18)22-24-13-12-20(25-22)17-10-11-21(31-3)19(23)16-17/h4-6,8-13,16,26H,7,14-15H2,1-3H3. The molecule has 0 spiro atoms. The number of nitrogens with zero attached hydrogens (tertiary/aromatic N) is 4. The Bertz CT molecular complexity index is 1140. The molecule has 0 fully saturated rings. The van der Waals surface area contributed by atoms with Gasteiger partial charge in [0.2, 0.25) is 5.95 Å². The third-order valence-electron chi connectivity index (χ3n) is 4.60. The molecule has 0 amide bonds. The van der Waals surface area contributed by atoms with E-state index in [1.807, 2.05) is 19.0 Å². The third kappa shape index (κ3) is 6.00. The number of hydrogen-bond donors (Lipinski definition) is 1. The Hall–Kier alpha value is -3.08. The van der Waals surface area contributed by atoms with Crippen molar-refractivity contribution < 1.29 is 17.5 Å². The van der Waals surface area contributed by atoms with E-state index in [0.29, 0.717) is 24.2 Å². The fourth-order valence-electron chi connectivity index (χ4n) is 2.99. The smallest absolute Gasteiger partial charge is 0.257 e. The molecule has 3 aromatic rings. The Labute approximate surface area is 187 Å². The maximum atomic E-state index is 14.2. The summed E-state index contributed by atoms with van der Waals surface area (Å²) in [6.45, 7) is 1.08. The number of anilines is 1. The SMILES string of the molecule is COc1ccc(-c2ccnc(N(CCCN(C)C)NS(=O)(=O)c3ccccc3)n2)cc1F. The van der Waals surface area contributed by atoms with E-state index in [1.54, 1.807) is 30.3 Å². The first-order chi connectivity index (χ1) is 15.3. The summed E-state index contributed by atoms with van der Waals surface area (Å²) in [5.41, 5.74) is 0.971. The van der Waals surface area contributed by atoms with Gasteiger partial charge in [0.25, 0.3) is 10.0 Å². The van der Waals surface area contributed by atoms with Crippen LogP contribution in [0.1, 0.15) is 6.42 Å². The Balaban J connectivity index is 1.92. The van der Waals surface area contributed by atoms with Crippen LogP contribution in [0.3, 0.4) is 0 Å². The lowest BCUT2D eigenvalue weighted by Gasteiger charge is -2.24. The summed E-state index contributed by atoms with van der Waals surface area (Å²) in [6, 6.07) is 14.2. The molecule has 32 heavy (non-hydrogen) atoms. The predicted molar refractivity (Wildman–Crippen MR) is 121 cm³/mol. The number of nitrogens with one attached hydrogen (secondary N) is 1. The lowest BCUT2D eigenvalue weighted by atomic mass is 10.1. The van der Waals surface area contributed by atoms with Crippen LogP contribution in [0.25, 0.3) is 11.3 Å². The zero-order chi connectivity index (χ0) is 23.1. The molecule has 170 valence electrons. The number of aromatic nitrogens is 2. The van der Waals surface area contributed by atoms with E-state index in [-0.39, 0.29) is 16.6 Å². The van der Waals surface area contributed by atoms with Crippen LogP contribution in [0, 0.1) is 5.82 Å². The van der Waals surface area contributed by atoms with Gasteiger partial charge in [0, 0.05) is 18.3 Å². The Morgan fingerprint density at radius 2 is 1.81 bits per heavy atom. The van der Waals surface area contributed by atoms with Crippen LogP contribution < -0.4 is 14.6 Å². The van der Waals surface area contributed by atoms with Crippen LogP contribution in [0.15, 0.2) is 65.7 Å². The largest absolute Gasteiger partial charge is 0.494 e. The van der Waals surface area contributed by atoms with Crippen molar-refractivity contribution in [2.24, 2.45) is 0 Å². The van der Waals surface area contributed by atoms with Crippen molar-refractivity contribution in [1.82, 2.24) is 19.7 Å². The summed E-state index contributed by atoms with van der Waals surface area (Å²) in [7, 11) is 1.43. The summed E-state index contributed by atoms with van der Waals surface area (Å²) in [5, 5.41) is 1.40. The first-order valence-corrected chi connectivity index (χ1v) is 11.4. The van der Waals surface area contributed by atoms with Crippen molar-refractivity contribution in [3.05, 3.63) is 66.6 Å². The van der Waals surface area contributed by atoms with Crippen molar-refractivity contribution in [2.75, 3.05) is 39.3 Å². The van der Waals surface area contributed by atoms with E-state index in [9.17, 15) is 12.8 Å². The van der Waals surface area contributed by atoms with E-state index in [4.69, 9.17) is 4.74 Å². The van der Waals surface area contributed by atoms with Crippen LogP contribution in [-0.4, -0.2) is 57.6 Å². The molecule has 0 aliphatic rings. The molecular weight excluding hydrogens is 433 g/mol. The van der Waals surface area contributed by atoms with Gasteiger partial charge in [-0.2, -0.15) is 0 Å². The van der Waals surface area contributed by atoms with Gasteiger partial charge in [0.15, 0.2) is 11.6 Å². The number of methoxy groups -OCH3 is 1. The van der Waals surface area contributed by atoms with Gasteiger partial charge in [0.1, 0.15) is 0 Å². The molecule has 3 rings (SSSR count). The molecule has 1 aromatic heterocycles. The maximum Gasteiger partial charge on any atom is 0.257 e. The number of ether oxygens (including phenoxy) is 1. The van der Waals surface area contributed by atoms with Gasteiger partial charge >= 0.3 is 0 Å². The fraction of sp³-hybridized carbons (Fsp3) is 0.273. The molecule has 1 N–H and O–H groups in total. The summed E-state index contributed by atoms with van der Waals surface area (Å²) < 4.78 is 44.9. The van der Waals surface area contributed by atoms with Crippen molar-refractivity contribution in [3.63, 3.8) is 0 Å². The number of rotatable bonds is 10. The van der Waals surface area contributed by atoms with Gasteiger partial charge in [-0.15, -0.1) is 4.83 Å². The molecule has 10 heteroatoms. The minimum absolute atomic E-state index is 0.129. The topological polar surface area (TPSA) is 87.7 Å². The fourth-order valence-corrected chi connectivity index (χ4v) is 4.08. The monoisotopic (exact) mass is 459 g/mol. The van der Waals surface area contributed by atoms with Crippen molar-refractivity contribution in [3.8, 4) is 17.0 Å². The van der Waals surface area contributed by atoms with Crippen LogP contribution in [0.4, 0.5) is 10.3 Å². The molecule has 0 atom stereocenters. The van der Waals surface area contributed by atoms with Crippen LogP contribution in [-0.2, 0) is 10.0 Å². The highest BCUT2D eigenvalue weighted by atomic mass is 32.2. The highest BCUT2D eigenvalue weighted by Gasteiger charge is 2.21. The van der Waals surface area contributed by atoms with E-state index in [0.717, 1.165) is 6.54 Å². The molecule has 0 aliphatic heterocycles. The minimum Gasteiger partial charge on any atom is -0.494 e. The highest BCUT2D eigenvalue weighted by Crippen LogP contribution is 2.25. The van der Waals surface area contributed by atoms with E-state index in [2.05, 4.69) is 14.8 Å². The summed E-state index contributed by atoms with van der Waals surface area (Å²) >= 11 is 0. The second-order valence-corrected chi connectivity index (χ2v) is 8.97. The number of hydrazine groups is 1. The third-order valence-corrected chi connectivity index (χ3v) is 5.96. The van der Waals surface area contributed by atoms with Gasteiger partial charge in [-0.3, -0.25) is 5.01 Å². The molecule has 0 saturated carbocycles. The number of hydrogen-bond acceptors (Lipinski definition) is 7. The van der Waals surface area contributed by atoms with E-state index in [1.165, 1.54) is 42.6 Å². The van der Waals surface area contributed by atoms with Gasteiger partial charge in [0.05, 0.1) is 17.7 Å². The van der Waals surface area contributed by atoms with Crippen molar-refractivity contribution in [1.29, 1.82) is 0 Å². The second-order valence-electron chi connectivity index (χ2n) is 7.31. The summed E-state index contributed by atoms with van der Waals surface area (Å²) in [6.07, 6.45) is 2.17. The molecule has 0 aliphatic carbocycles. The molecule has 0 saturated heterocycles. The second kappa shape index (κ2) is 10.5. The molecular formula is C22H26FN5O3S. The Kier molecular flexibility index (Phi) is 7.73. The zero-order valence-corrected chi connectivity index (χ0v) is 19.0. The van der Waals surface area contributed by atoms with E-state index < -0.39 is 15.8 Å². The van der Waals surface area contributed by atoms with Crippen LogP contribution in [0.2, 0.25) is 0 Å². The number of halogens is 1. The lowest BCUT2D eigenvalue weighted by Crippen LogP contribution is -2.44. The number of benzene rings is 2. The Morgan fingerprint density at radius 1 is 1.06 bits per heavy atom. The average Bonchev–Trinajstić information content (AvgIpc) is 2.79. The first kappa shape index (κ1) is 23.6. The van der Waals surface area contributed by atoms with Crippen molar-refractivity contribution >= 4 is 16.0 Å². The summed E-state index contributed by atoms with van der Waals surface area (Å²) in [4.78, 5) is 13.4. The van der Waals surface area contributed by atoms with E-state index >= 15 is 0 Å². The molecule has 0 radical (unpaired) electrons. The quantitative estimate of drug-likeness (QED) is 0.467. The molecule has 1 heterocycles. The predicted octanol–water partition coefficient (Wildman–Crippen LogP) is 2.94. The molecule has 8 nitrogen and oxygen atoms in total. The van der Waals surface area contributed by atoms with Crippen LogP contribution in [0.5, 0.6) is 5.75 Å². The molecule has 2 aromatic carbocycles. The maximum absolute atomic E-state index is 14.2. The summed E-state index contributed by atoms with van der Waals surface area (Å²) in [5.74, 6) is -0.223. The first-order valence-electron chi connectivity index (χ1n) is 9.97. The lowest BCUT2D eigenvalue weighted by molar-refractivity contribution is 0.386.